The summed E-state index contributed by atoms with van der Waals surface area (Å²) < 4.78 is 5.55. The van der Waals surface area contributed by atoms with Crippen LogP contribution in [0.25, 0.3) is 0 Å². The van der Waals surface area contributed by atoms with Gasteiger partial charge in [-0.25, -0.2) is 0 Å². The van der Waals surface area contributed by atoms with Gasteiger partial charge in [0.2, 0.25) is 5.91 Å². The van der Waals surface area contributed by atoms with E-state index in [4.69, 9.17) is 4.74 Å². The number of hydrogen-bond acceptors (Lipinski definition) is 6. The molecule has 8 heteroatoms. The molecule has 0 radical (unpaired) electrons. The number of benzene rings is 1. The first kappa shape index (κ1) is 20.9. The minimum absolute atomic E-state index is 0.0199. The molecule has 1 unspecified atom stereocenters. The normalized spacial score (nSPS) is 21.9. The van der Waals surface area contributed by atoms with Gasteiger partial charge in [-0.2, -0.15) is 10.2 Å². The molecule has 32 heavy (non-hydrogen) atoms. The Morgan fingerprint density at radius 3 is 2.44 bits per heavy atom. The molecule has 0 aliphatic carbocycles. The van der Waals surface area contributed by atoms with E-state index in [2.05, 4.69) is 32.5 Å². The molecular formula is C24H29N5O3. The van der Waals surface area contributed by atoms with Crippen LogP contribution >= 0.6 is 0 Å². The number of hydrogen-bond donors (Lipinski definition) is 1. The number of anilines is 2. The average Bonchev–Trinajstić information content (AvgIpc) is 3.34. The number of nitrogens with zero attached hydrogens (tertiary/aromatic N) is 4. The van der Waals surface area contributed by atoms with Crippen molar-refractivity contribution in [3.63, 3.8) is 0 Å². The molecule has 3 aliphatic rings. The number of carbonyl (C=O) groups excluding carboxylic acids is 2. The molecule has 4 heterocycles. The molecule has 3 fully saturated rings. The maximum atomic E-state index is 12.6. The first-order valence-electron chi connectivity index (χ1n) is 11.5. The number of aromatic nitrogens is 2. The fourth-order valence-electron chi connectivity index (χ4n) is 4.82. The van der Waals surface area contributed by atoms with E-state index in [1.807, 2.05) is 23.1 Å². The van der Waals surface area contributed by atoms with Crippen LogP contribution in [0.2, 0.25) is 0 Å². The highest BCUT2D eigenvalue weighted by molar-refractivity contribution is 5.94. The molecule has 2 amide bonds. The van der Waals surface area contributed by atoms with Crippen LogP contribution in [-0.2, 0) is 14.3 Å². The van der Waals surface area contributed by atoms with E-state index in [0.29, 0.717) is 25.6 Å². The summed E-state index contributed by atoms with van der Waals surface area (Å²) in [4.78, 5) is 29.2. The van der Waals surface area contributed by atoms with E-state index in [0.717, 1.165) is 50.1 Å². The molecule has 0 spiro atoms. The average molecular weight is 436 g/mol. The van der Waals surface area contributed by atoms with E-state index >= 15 is 0 Å². The van der Waals surface area contributed by atoms with Gasteiger partial charge in [-0.3, -0.25) is 9.59 Å². The van der Waals surface area contributed by atoms with Gasteiger partial charge in [-0.15, -0.1) is 0 Å². The lowest BCUT2D eigenvalue weighted by molar-refractivity contribution is -0.142. The largest absolute Gasteiger partial charge is 0.368 e. The van der Waals surface area contributed by atoms with Crippen molar-refractivity contribution in [1.29, 1.82) is 0 Å². The molecule has 1 aromatic carbocycles. The van der Waals surface area contributed by atoms with E-state index in [-0.39, 0.29) is 23.8 Å². The van der Waals surface area contributed by atoms with Gasteiger partial charge in [-0.1, -0.05) is 12.1 Å². The van der Waals surface area contributed by atoms with E-state index in [1.165, 1.54) is 5.56 Å². The molecule has 3 saturated heterocycles. The first-order valence-corrected chi connectivity index (χ1v) is 11.5. The second-order valence-corrected chi connectivity index (χ2v) is 8.92. The third-order valence-corrected chi connectivity index (χ3v) is 6.85. The number of piperidine rings is 1. The lowest BCUT2D eigenvalue weighted by atomic mass is 9.89. The number of likely N-dealkylation sites (tertiary alicyclic amines) is 1. The molecule has 0 bridgehead atoms. The van der Waals surface area contributed by atoms with Crippen molar-refractivity contribution in [3.8, 4) is 0 Å². The van der Waals surface area contributed by atoms with Crippen LogP contribution in [0.5, 0.6) is 0 Å². The summed E-state index contributed by atoms with van der Waals surface area (Å²) in [5.74, 6) is 0.641. The monoisotopic (exact) mass is 435 g/mol. The van der Waals surface area contributed by atoms with Crippen molar-refractivity contribution in [3.05, 3.63) is 48.3 Å². The van der Waals surface area contributed by atoms with Crippen molar-refractivity contribution in [2.24, 2.45) is 5.92 Å². The van der Waals surface area contributed by atoms with Crippen LogP contribution < -0.4 is 10.2 Å². The zero-order valence-electron chi connectivity index (χ0n) is 18.2. The molecule has 8 nitrogen and oxygen atoms in total. The summed E-state index contributed by atoms with van der Waals surface area (Å²) >= 11 is 0. The molecule has 1 N–H and O–H groups in total. The lowest BCUT2D eigenvalue weighted by Crippen LogP contribution is -2.52. The van der Waals surface area contributed by atoms with Crippen molar-refractivity contribution < 1.29 is 14.3 Å². The zero-order valence-corrected chi connectivity index (χ0v) is 18.2. The standard InChI is InChI=1S/C24H29N5O3/c30-23(19-15-29(16-19)21-7-10-25-26-14-21)27-20-5-3-17(4-6-20)18-8-11-28(12-9-18)24(31)22-2-1-13-32-22/h3-7,10,14,18-19,22H,1-2,8-9,11-13,15-16H2,(H,27,30). The highest BCUT2D eigenvalue weighted by Crippen LogP contribution is 2.30. The Kier molecular flexibility index (Phi) is 6.03. The van der Waals surface area contributed by atoms with Crippen LogP contribution in [-0.4, -0.2) is 65.8 Å². The maximum absolute atomic E-state index is 12.6. The molecule has 0 saturated carbocycles. The predicted octanol–water partition coefficient (Wildman–Crippen LogP) is 2.44. The quantitative estimate of drug-likeness (QED) is 0.776. The topological polar surface area (TPSA) is 87.7 Å². The lowest BCUT2D eigenvalue weighted by Gasteiger charge is -2.39. The second-order valence-electron chi connectivity index (χ2n) is 8.92. The van der Waals surface area contributed by atoms with Gasteiger partial charge in [0.1, 0.15) is 6.10 Å². The number of amides is 2. The van der Waals surface area contributed by atoms with Gasteiger partial charge >= 0.3 is 0 Å². The van der Waals surface area contributed by atoms with Crippen LogP contribution in [0.4, 0.5) is 11.4 Å². The molecular weight excluding hydrogens is 406 g/mol. The van der Waals surface area contributed by atoms with Gasteiger partial charge < -0.3 is 19.9 Å². The van der Waals surface area contributed by atoms with Gasteiger partial charge in [-0.05, 0) is 55.4 Å². The van der Waals surface area contributed by atoms with Crippen LogP contribution in [0, 0.1) is 5.92 Å². The van der Waals surface area contributed by atoms with Gasteiger partial charge in [0.25, 0.3) is 5.91 Å². The molecule has 168 valence electrons. The number of carbonyl (C=O) groups is 2. The zero-order chi connectivity index (χ0) is 21.9. The van der Waals surface area contributed by atoms with Gasteiger partial charge in [0.05, 0.1) is 24.0 Å². The van der Waals surface area contributed by atoms with E-state index < -0.39 is 0 Å². The number of ether oxygens (including phenoxy) is 1. The summed E-state index contributed by atoms with van der Waals surface area (Å²) in [5, 5.41) is 10.7. The SMILES string of the molecule is O=C(Nc1ccc(C2CCN(C(=O)C3CCCO3)CC2)cc1)C1CN(c2ccnnc2)C1. The molecule has 2 aromatic rings. The first-order chi connectivity index (χ1) is 15.7. The minimum atomic E-state index is -0.224. The van der Waals surface area contributed by atoms with Gasteiger partial charge in [0, 0.05) is 38.5 Å². The maximum Gasteiger partial charge on any atom is 0.251 e. The second kappa shape index (κ2) is 9.24. The van der Waals surface area contributed by atoms with Crippen molar-refractivity contribution in [2.75, 3.05) is 43.0 Å². The Hall–Kier alpha value is -3.00. The Morgan fingerprint density at radius 1 is 1.00 bits per heavy atom. The van der Waals surface area contributed by atoms with Gasteiger partial charge in [0.15, 0.2) is 0 Å². The summed E-state index contributed by atoms with van der Waals surface area (Å²) in [5.41, 5.74) is 3.10. The fraction of sp³-hybridized carbons (Fsp3) is 0.500. The third kappa shape index (κ3) is 4.46. The predicted molar refractivity (Wildman–Crippen MR) is 120 cm³/mol. The smallest absolute Gasteiger partial charge is 0.251 e. The molecule has 1 aromatic heterocycles. The van der Waals surface area contributed by atoms with E-state index in [9.17, 15) is 9.59 Å². The third-order valence-electron chi connectivity index (χ3n) is 6.85. The highest BCUT2D eigenvalue weighted by atomic mass is 16.5. The molecule has 3 aliphatic heterocycles. The Balaban J connectivity index is 1.09. The van der Waals surface area contributed by atoms with Crippen LogP contribution in [0.3, 0.4) is 0 Å². The van der Waals surface area contributed by atoms with Crippen LogP contribution in [0.15, 0.2) is 42.7 Å². The Labute approximate surface area is 187 Å². The number of rotatable bonds is 5. The van der Waals surface area contributed by atoms with Crippen molar-refractivity contribution in [1.82, 2.24) is 15.1 Å². The summed E-state index contributed by atoms with van der Waals surface area (Å²) in [6.07, 6.45) is 6.92. The van der Waals surface area contributed by atoms with Crippen LogP contribution in [0.1, 0.15) is 37.2 Å². The van der Waals surface area contributed by atoms with E-state index in [1.54, 1.807) is 12.4 Å². The minimum Gasteiger partial charge on any atom is -0.368 e. The highest BCUT2D eigenvalue weighted by Gasteiger charge is 2.33. The Bertz CT molecular complexity index is 932. The summed E-state index contributed by atoms with van der Waals surface area (Å²) in [6, 6.07) is 10.1. The summed E-state index contributed by atoms with van der Waals surface area (Å²) in [6.45, 7) is 3.66. The van der Waals surface area contributed by atoms with Crippen molar-refractivity contribution >= 4 is 23.2 Å². The molecule has 5 rings (SSSR count). The summed E-state index contributed by atoms with van der Waals surface area (Å²) in [7, 11) is 0. The number of nitrogens with one attached hydrogen (secondary N) is 1. The molecule has 1 atom stereocenters. The fourth-order valence-corrected chi connectivity index (χ4v) is 4.82. The Morgan fingerprint density at radius 2 is 1.78 bits per heavy atom. The van der Waals surface area contributed by atoms with Crippen molar-refractivity contribution in [2.45, 2.75) is 37.7 Å².